The van der Waals surface area contributed by atoms with E-state index in [0.29, 0.717) is 25.4 Å². The number of halogens is 1. The molecule has 1 amide bonds. The van der Waals surface area contributed by atoms with Crippen molar-refractivity contribution in [3.63, 3.8) is 0 Å². The van der Waals surface area contributed by atoms with Gasteiger partial charge >= 0.3 is 0 Å². The average Bonchev–Trinajstić information content (AvgIpc) is 3.41. The summed E-state index contributed by atoms with van der Waals surface area (Å²) >= 11 is 0. The third-order valence-corrected chi connectivity index (χ3v) is 9.01. The third kappa shape index (κ3) is 7.62. The first-order valence-electron chi connectivity index (χ1n) is 14.5. The van der Waals surface area contributed by atoms with E-state index in [1.54, 1.807) is 23.1 Å². The quantitative estimate of drug-likeness (QED) is 0.199. The van der Waals surface area contributed by atoms with Crippen molar-refractivity contribution < 1.29 is 22.3 Å². The summed E-state index contributed by atoms with van der Waals surface area (Å²) in [7, 11) is -4.06. The highest BCUT2D eigenvalue weighted by molar-refractivity contribution is 7.92. The summed E-state index contributed by atoms with van der Waals surface area (Å²) in [5.74, 6) is -0.412. The zero-order chi connectivity index (χ0) is 30.6. The van der Waals surface area contributed by atoms with E-state index in [1.807, 2.05) is 42.5 Å². The van der Waals surface area contributed by atoms with Gasteiger partial charge in [-0.05, 0) is 70.3 Å². The van der Waals surface area contributed by atoms with E-state index in [-0.39, 0.29) is 28.3 Å². The fourth-order valence-corrected chi connectivity index (χ4v) is 6.22. The minimum atomic E-state index is -4.06. The van der Waals surface area contributed by atoms with Crippen LogP contribution in [-0.4, -0.2) is 25.8 Å². The molecule has 0 saturated heterocycles. The van der Waals surface area contributed by atoms with Gasteiger partial charge in [0.2, 0.25) is 5.91 Å². The van der Waals surface area contributed by atoms with Gasteiger partial charge in [-0.1, -0.05) is 81.4 Å². The molecule has 1 heterocycles. The highest BCUT2D eigenvalue weighted by atomic mass is 32.2. The number of rotatable bonds is 10. The number of aryl methyl sites for hydroxylation is 1. The van der Waals surface area contributed by atoms with Gasteiger partial charge in [-0.2, -0.15) is 0 Å². The van der Waals surface area contributed by atoms with Crippen molar-refractivity contribution in [2.45, 2.75) is 63.4 Å². The molecule has 1 aliphatic rings. The van der Waals surface area contributed by atoms with Gasteiger partial charge in [0.1, 0.15) is 5.75 Å². The largest absolute Gasteiger partial charge is 0.493 e. The van der Waals surface area contributed by atoms with Gasteiger partial charge < -0.3 is 9.64 Å². The van der Waals surface area contributed by atoms with Crippen LogP contribution in [0, 0.1) is 5.82 Å². The Morgan fingerprint density at radius 1 is 0.884 bits per heavy atom. The maximum absolute atomic E-state index is 14.8. The predicted octanol–water partition coefficient (Wildman–Crippen LogP) is 7.02. The fourth-order valence-electron chi connectivity index (χ4n) is 5.11. The van der Waals surface area contributed by atoms with Crippen LogP contribution in [-0.2, 0) is 46.2 Å². The van der Waals surface area contributed by atoms with Crippen LogP contribution >= 0.6 is 0 Å². The maximum atomic E-state index is 14.8. The lowest BCUT2D eigenvalue weighted by Gasteiger charge is -2.19. The van der Waals surface area contributed by atoms with Gasteiger partial charge in [-0.15, -0.1) is 0 Å². The van der Waals surface area contributed by atoms with Gasteiger partial charge in [-0.3, -0.25) is 9.52 Å². The molecule has 43 heavy (non-hydrogen) atoms. The van der Waals surface area contributed by atoms with Crippen LogP contribution in [0.4, 0.5) is 10.1 Å². The lowest BCUT2D eigenvalue weighted by Crippen LogP contribution is -2.26. The topological polar surface area (TPSA) is 75.7 Å². The van der Waals surface area contributed by atoms with E-state index in [4.69, 9.17) is 4.74 Å². The van der Waals surface area contributed by atoms with Gasteiger partial charge in [-0.25, -0.2) is 12.8 Å². The van der Waals surface area contributed by atoms with Crippen molar-refractivity contribution >= 4 is 21.6 Å². The minimum absolute atomic E-state index is 0.0129. The summed E-state index contributed by atoms with van der Waals surface area (Å²) in [5, 5.41) is 0. The molecule has 0 fully saturated rings. The highest BCUT2D eigenvalue weighted by Crippen LogP contribution is 2.29. The molecule has 0 aromatic heterocycles. The second-order valence-electron chi connectivity index (χ2n) is 12.0. The Morgan fingerprint density at radius 2 is 1.60 bits per heavy atom. The molecule has 1 aliphatic heterocycles. The Bertz CT molecular complexity index is 1700. The average molecular weight is 601 g/mol. The lowest BCUT2D eigenvalue weighted by molar-refractivity contribution is -0.131. The zero-order valence-corrected chi connectivity index (χ0v) is 25.6. The first-order valence-corrected chi connectivity index (χ1v) is 15.9. The number of carbonyl (C=O) groups is 1. The minimum Gasteiger partial charge on any atom is -0.493 e. The van der Waals surface area contributed by atoms with E-state index >= 15 is 0 Å². The molecule has 0 aliphatic carbocycles. The Labute approximate surface area is 253 Å². The van der Waals surface area contributed by atoms with E-state index < -0.39 is 15.8 Å². The van der Waals surface area contributed by atoms with Crippen molar-refractivity contribution in [1.82, 2.24) is 4.90 Å². The summed E-state index contributed by atoms with van der Waals surface area (Å²) in [4.78, 5) is 14.8. The number of fused-ring (bicyclic) bond motifs is 1. The molecule has 0 unspecified atom stereocenters. The third-order valence-electron chi connectivity index (χ3n) is 7.64. The Balaban J connectivity index is 1.17. The molecule has 0 radical (unpaired) electrons. The summed E-state index contributed by atoms with van der Waals surface area (Å²) in [5.41, 5.74) is 4.89. The van der Waals surface area contributed by atoms with Crippen molar-refractivity contribution in [2.24, 2.45) is 0 Å². The number of hydrogen-bond donors (Lipinski definition) is 1. The van der Waals surface area contributed by atoms with Crippen molar-refractivity contribution in [3.05, 3.63) is 125 Å². The van der Waals surface area contributed by atoms with Crippen LogP contribution in [0.3, 0.4) is 0 Å². The molecule has 6 nitrogen and oxygen atoms in total. The first-order chi connectivity index (χ1) is 20.5. The monoisotopic (exact) mass is 600 g/mol. The number of ether oxygens (including phenoxy) is 1. The zero-order valence-electron chi connectivity index (χ0n) is 24.8. The summed E-state index contributed by atoms with van der Waals surface area (Å²) in [6, 6.07) is 27.0. The molecular formula is C35H37FN2O4S. The van der Waals surface area contributed by atoms with Crippen LogP contribution in [0.5, 0.6) is 5.75 Å². The Morgan fingerprint density at radius 3 is 2.30 bits per heavy atom. The van der Waals surface area contributed by atoms with Crippen LogP contribution in [0.1, 0.15) is 55.0 Å². The lowest BCUT2D eigenvalue weighted by atomic mass is 9.86. The number of benzene rings is 4. The molecule has 4 aromatic carbocycles. The predicted molar refractivity (Wildman–Crippen MR) is 167 cm³/mol. The molecular weight excluding hydrogens is 563 g/mol. The first kappa shape index (κ1) is 30.3. The molecule has 0 spiro atoms. The van der Waals surface area contributed by atoms with E-state index in [0.717, 1.165) is 29.5 Å². The molecule has 0 bridgehead atoms. The van der Waals surface area contributed by atoms with Crippen LogP contribution in [0.2, 0.25) is 0 Å². The van der Waals surface area contributed by atoms with E-state index in [1.165, 1.54) is 29.3 Å². The summed E-state index contributed by atoms with van der Waals surface area (Å²) < 4.78 is 49.2. The summed E-state index contributed by atoms with van der Waals surface area (Å²) in [6.07, 6.45) is 1.89. The number of hydrogen-bond acceptors (Lipinski definition) is 4. The molecule has 5 rings (SSSR count). The number of carbonyl (C=O) groups excluding carboxylic acids is 1. The van der Waals surface area contributed by atoms with Gasteiger partial charge in [0.15, 0.2) is 5.82 Å². The second kappa shape index (κ2) is 12.6. The fraction of sp³-hybridized carbons (Fsp3) is 0.286. The van der Waals surface area contributed by atoms with Crippen LogP contribution in [0.15, 0.2) is 95.9 Å². The van der Waals surface area contributed by atoms with Gasteiger partial charge in [0.05, 0.1) is 23.6 Å². The molecule has 0 saturated carbocycles. The van der Waals surface area contributed by atoms with Gasteiger partial charge in [0, 0.05) is 19.2 Å². The van der Waals surface area contributed by atoms with Gasteiger partial charge in [0.25, 0.3) is 10.0 Å². The normalized spacial score (nSPS) is 13.1. The molecule has 1 N–H and O–H groups in total. The van der Waals surface area contributed by atoms with Crippen molar-refractivity contribution in [1.29, 1.82) is 0 Å². The highest BCUT2D eigenvalue weighted by Gasteiger charge is 2.26. The van der Waals surface area contributed by atoms with Crippen LogP contribution in [0.25, 0.3) is 0 Å². The number of nitrogens with one attached hydrogen (secondary N) is 1. The Hall–Kier alpha value is -4.17. The molecule has 4 aromatic rings. The molecule has 8 heteroatoms. The van der Waals surface area contributed by atoms with E-state index in [2.05, 4.69) is 37.6 Å². The number of amides is 1. The Kier molecular flexibility index (Phi) is 8.87. The second-order valence-corrected chi connectivity index (χ2v) is 13.7. The number of sulfonamides is 1. The van der Waals surface area contributed by atoms with Crippen LogP contribution < -0.4 is 9.46 Å². The molecule has 0 atom stereocenters. The standard InChI is InChI=1S/C35H37FN2O4S/c1-35(2,3)29-14-11-26(12-15-29)20-34(39)38-23-27-13-17-31(21-28(27)24-38)43(40,41)37-33-18-16-30(22-32(33)36)42-19-7-10-25-8-5-4-6-9-25/h4-6,8-9,11-18,21-22,37H,7,10,19-20,23-24H2,1-3H3. The number of anilines is 1. The van der Waals surface area contributed by atoms with E-state index in [9.17, 15) is 17.6 Å². The number of nitrogens with zero attached hydrogens (tertiary/aromatic N) is 1. The smallest absolute Gasteiger partial charge is 0.261 e. The van der Waals surface area contributed by atoms with Crippen molar-refractivity contribution in [2.75, 3.05) is 11.3 Å². The summed E-state index contributed by atoms with van der Waals surface area (Å²) in [6.45, 7) is 7.60. The molecule has 224 valence electrons. The maximum Gasteiger partial charge on any atom is 0.261 e. The SMILES string of the molecule is CC(C)(C)c1ccc(CC(=O)N2Cc3ccc(S(=O)(=O)Nc4ccc(OCCCc5ccccc5)cc4F)cc3C2)cc1. The van der Waals surface area contributed by atoms with Crippen molar-refractivity contribution in [3.8, 4) is 5.75 Å².